The molecule has 0 spiro atoms. The van der Waals surface area contributed by atoms with Gasteiger partial charge in [0.1, 0.15) is 0 Å². The number of nitrogens with two attached hydrogens (primary N) is 1. The molecule has 1 aromatic heterocycles. The zero-order valence-electron chi connectivity index (χ0n) is 9.18. The molecule has 0 saturated carbocycles. The number of carbonyl (C=O) groups excluding carboxylic acids is 1. The van der Waals surface area contributed by atoms with Crippen LogP contribution >= 0.6 is 0 Å². The fraction of sp³-hybridized carbons (Fsp3) is 0.455. The van der Waals surface area contributed by atoms with E-state index in [-0.39, 0.29) is 5.91 Å². The molecule has 15 heavy (non-hydrogen) atoms. The van der Waals surface area contributed by atoms with Crippen LogP contribution in [0.25, 0.3) is 0 Å². The second-order valence-electron chi connectivity index (χ2n) is 3.77. The minimum absolute atomic E-state index is 0.0107. The molecular formula is C11H17N3O. The van der Waals surface area contributed by atoms with E-state index in [0.717, 1.165) is 0 Å². The molecule has 4 heteroatoms. The maximum absolute atomic E-state index is 11.8. The third kappa shape index (κ3) is 3.32. The Morgan fingerprint density at radius 1 is 1.67 bits per heavy atom. The number of amides is 1. The number of aromatic nitrogens is 1. The summed E-state index contributed by atoms with van der Waals surface area (Å²) in [4.78, 5) is 17.4. The van der Waals surface area contributed by atoms with Gasteiger partial charge in [-0.2, -0.15) is 0 Å². The summed E-state index contributed by atoms with van der Waals surface area (Å²) in [7, 11) is 1.78. The van der Waals surface area contributed by atoms with Gasteiger partial charge in [-0.05, 0) is 24.6 Å². The van der Waals surface area contributed by atoms with Gasteiger partial charge >= 0.3 is 0 Å². The van der Waals surface area contributed by atoms with Crippen LogP contribution in [0.1, 0.15) is 17.3 Å². The molecule has 0 aliphatic heterocycles. The van der Waals surface area contributed by atoms with Crippen LogP contribution in [0.2, 0.25) is 0 Å². The Labute approximate surface area is 90.1 Å². The van der Waals surface area contributed by atoms with E-state index in [1.807, 2.05) is 6.92 Å². The van der Waals surface area contributed by atoms with Crippen molar-refractivity contribution in [3.63, 3.8) is 0 Å². The van der Waals surface area contributed by atoms with Gasteiger partial charge in [0.25, 0.3) is 5.91 Å². The molecule has 0 bridgehead atoms. The van der Waals surface area contributed by atoms with E-state index in [4.69, 9.17) is 5.73 Å². The molecule has 2 N–H and O–H groups in total. The highest BCUT2D eigenvalue weighted by atomic mass is 16.2. The lowest BCUT2D eigenvalue weighted by Crippen LogP contribution is -2.33. The lowest BCUT2D eigenvalue weighted by Gasteiger charge is -2.20. The van der Waals surface area contributed by atoms with E-state index in [1.165, 1.54) is 0 Å². The lowest BCUT2D eigenvalue weighted by atomic mass is 10.1. The molecule has 0 radical (unpaired) electrons. The molecule has 1 heterocycles. The molecule has 0 saturated heterocycles. The van der Waals surface area contributed by atoms with Gasteiger partial charge in [0.2, 0.25) is 0 Å². The van der Waals surface area contributed by atoms with Gasteiger partial charge in [-0.25, -0.2) is 0 Å². The summed E-state index contributed by atoms with van der Waals surface area (Å²) < 4.78 is 0. The van der Waals surface area contributed by atoms with Gasteiger partial charge in [-0.1, -0.05) is 6.92 Å². The molecule has 0 fully saturated rings. The SMILES string of the molecule is CC(CN)CN(C)C(=O)c1cccnc1. The van der Waals surface area contributed by atoms with Crippen molar-refractivity contribution in [3.8, 4) is 0 Å². The summed E-state index contributed by atoms with van der Waals surface area (Å²) in [6.07, 6.45) is 3.23. The number of nitrogens with zero attached hydrogens (tertiary/aromatic N) is 2. The van der Waals surface area contributed by atoms with Crippen LogP contribution in [0, 0.1) is 5.92 Å². The van der Waals surface area contributed by atoms with Gasteiger partial charge in [-0.15, -0.1) is 0 Å². The Hall–Kier alpha value is -1.42. The summed E-state index contributed by atoms with van der Waals surface area (Å²) in [5, 5.41) is 0. The van der Waals surface area contributed by atoms with Crippen molar-refractivity contribution in [3.05, 3.63) is 30.1 Å². The third-order valence-electron chi connectivity index (χ3n) is 2.24. The quantitative estimate of drug-likeness (QED) is 0.792. The predicted octanol–water partition coefficient (Wildman–Crippen LogP) is 0.748. The minimum Gasteiger partial charge on any atom is -0.341 e. The first-order chi connectivity index (χ1) is 7.15. The van der Waals surface area contributed by atoms with Gasteiger partial charge in [-0.3, -0.25) is 9.78 Å². The van der Waals surface area contributed by atoms with Crippen LogP contribution in [-0.2, 0) is 0 Å². The van der Waals surface area contributed by atoms with Crippen molar-refractivity contribution >= 4 is 5.91 Å². The second kappa shape index (κ2) is 5.46. The molecule has 1 atom stereocenters. The van der Waals surface area contributed by atoms with E-state index in [1.54, 1.807) is 36.5 Å². The maximum Gasteiger partial charge on any atom is 0.255 e. The van der Waals surface area contributed by atoms with Crippen molar-refractivity contribution < 1.29 is 4.79 Å². The predicted molar refractivity (Wildman–Crippen MR) is 59.4 cm³/mol. The van der Waals surface area contributed by atoms with Gasteiger partial charge in [0, 0.05) is 26.0 Å². The Morgan fingerprint density at radius 2 is 2.40 bits per heavy atom. The normalized spacial score (nSPS) is 12.2. The number of hydrogen-bond donors (Lipinski definition) is 1. The molecule has 0 aliphatic rings. The zero-order valence-corrected chi connectivity index (χ0v) is 9.18. The first-order valence-corrected chi connectivity index (χ1v) is 5.00. The molecule has 1 unspecified atom stereocenters. The summed E-state index contributed by atoms with van der Waals surface area (Å²) in [6.45, 7) is 3.28. The molecule has 0 aromatic carbocycles. The second-order valence-corrected chi connectivity index (χ2v) is 3.77. The van der Waals surface area contributed by atoms with Crippen molar-refractivity contribution in [2.75, 3.05) is 20.1 Å². The third-order valence-corrected chi connectivity index (χ3v) is 2.24. The molecule has 1 aromatic rings. The van der Waals surface area contributed by atoms with Crippen LogP contribution in [0.15, 0.2) is 24.5 Å². The number of pyridine rings is 1. The molecule has 1 amide bonds. The summed E-state index contributed by atoms with van der Waals surface area (Å²) >= 11 is 0. The van der Waals surface area contributed by atoms with E-state index in [2.05, 4.69) is 4.98 Å². The van der Waals surface area contributed by atoms with Crippen LogP contribution in [0.5, 0.6) is 0 Å². The van der Waals surface area contributed by atoms with Gasteiger partial charge < -0.3 is 10.6 Å². The number of carbonyl (C=O) groups is 1. The van der Waals surface area contributed by atoms with E-state index >= 15 is 0 Å². The highest BCUT2D eigenvalue weighted by Gasteiger charge is 2.13. The fourth-order valence-electron chi connectivity index (χ4n) is 1.33. The van der Waals surface area contributed by atoms with Crippen LogP contribution in [0.4, 0.5) is 0 Å². The average molecular weight is 207 g/mol. The summed E-state index contributed by atoms with van der Waals surface area (Å²) in [6, 6.07) is 3.52. The summed E-state index contributed by atoms with van der Waals surface area (Å²) in [5.41, 5.74) is 6.12. The lowest BCUT2D eigenvalue weighted by molar-refractivity contribution is 0.0777. The first-order valence-electron chi connectivity index (χ1n) is 5.00. The van der Waals surface area contributed by atoms with E-state index in [0.29, 0.717) is 24.6 Å². The summed E-state index contributed by atoms with van der Waals surface area (Å²) in [5.74, 6) is 0.305. The Kier molecular flexibility index (Phi) is 4.24. The zero-order chi connectivity index (χ0) is 11.3. The molecule has 82 valence electrons. The maximum atomic E-state index is 11.8. The van der Waals surface area contributed by atoms with Gasteiger partial charge in [0.05, 0.1) is 5.56 Å². The van der Waals surface area contributed by atoms with Crippen molar-refractivity contribution in [1.82, 2.24) is 9.88 Å². The standard InChI is InChI=1S/C11H17N3O/c1-9(6-12)8-14(2)11(15)10-4-3-5-13-7-10/h3-5,7,9H,6,8,12H2,1-2H3. The highest BCUT2D eigenvalue weighted by Crippen LogP contribution is 2.03. The number of rotatable bonds is 4. The Morgan fingerprint density at radius 3 is 2.93 bits per heavy atom. The van der Waals surface area contributed by atoms with Crippen molar-refractivity contribution in [2.24, 2.45) is 11.7 Å². The Balaban J connectivity index is 2.61. The molecule has 0 aliphatic carbocycles. The van der Waals surface area contributed by atoms with Crippen molar-refractivity contribution in [2.45, 2.75) is 6.92 Å². The average Bonchev–Trinajstić information content (AvgIpc) is 2.29. The highest BCUT2D eigenvalue weighted by molar-refractivity contribution is 5.93. The molecular weight excluding hydrogens is 190 g/mol. The number of hydrogen-bond acceptors (Lipinski definition) is 3. The largest absolute Gasteiger partial charge is 0.341 e. The van der Waals surface area contributed by atoms with Crippen molar-refractivity contribution in [1.29, 1.82) is 0 Å². The van der Waals surface area contributed by atoms with Crippen LogP contribution in [-0.4, -0.2) is 35.9 Å². The van der Waals surface area contributed by atoms with E-state index in [9.17, 15) is 4.79 Å². The fourth-order valence-corrected chi connectivity index (χ4v) is 1.33. The van der Waals surface area contributed by atoms with E-state index < -0.39 is 0 Å². The monoisotopic (exact) mass is 207 g/mol. The first kappa shape index (κ1) is 11.7. The van der Waals surface area contributed by atoms with Crippen LogP contribution in [0.3, 0.4) is 0 Å². The smallest absolute Gasteiger partial charge is 0.255 e. The molecule has 4 nitrogen and oxygen atoms in total. The van der Waals surface area contributed by atoms with Gasteiger partial charge in [0.15, 0.2) is 0 Å². The van der Waals surface area contributed by atoms with Crippen LogP contribution < -0.4 is 5.73 Å². The minimum atomic E-state index is -0.0107. The molecule has 1 rings (SSSR count). The topological polar surface area (TPSA) is 59.2 Å². The Bertz CT molecular complexity index is 313.